The van der Waals surface area contributed by atoms with Gasteiger partial charge in [-0.1, -0.05) is 31.5 Å². The molecule has 1 aromatic carbocycles. The van der Waals surface area contributed by atoms with Gasteiger partial charge in [-0.2, -0.15) is 0 Å². The van der Waals surface area contributed by atoms with E-state index in [9.17, 15) is 4.79 Å². The molecule has 0 aliphatic heterocycles. The van der Waals surface area contributed by atoms with Crippen molar-refractivity contribution in [1.82, 2.24) is 0 Å². The number of anilines is 1. The van der Waals surface area contributed by atoms with E-state index in [0.29, 0.717) is 17.7 Å². The number of hydrogen-bond donors (Lipinski definition) is 3. The van der Waals surface area contributed by atoms with Gasteiger partial charge in [0.05, 0.1) is 12.6 Å². The SMILES string of the molecule is CCC[C@@H](N)C(=O)Nc1ccccc1CO. The maximum Gasteiger partial charge on any atom is 0.241 e. The molecule has 16 heavy (non-hydrogen) atoms. The lowest BCUT2D eigenvalue weighted by Gasteiger charge is -2.13. The minimum absolute atomic E-state index is 0.0977. The highest BCUT2D eigenvalue weighted by molar-refractivity contribution is 5.95. The van der Waals surface area contributed by atoms with Gasteiger partial charge < -0.3 is 16.2 Å². The van der Waals surface area contributed by atoms with Gasteiger partial charge >= 0.3 is 0 Å². The monoisotopic (exact) mass is 222 g/mol. The average molecular weight is 222 g/mol. The molecule has 0 saturated carbocycles. The molecule has 0 aromatic heterocycles. The third kappa shape index (κ3) is 3.32. The van der Waals surface area contributed by atoms with E-state index in [1.807, 2.05) is 13.0 Å². The number of nitrogens with two attached hydrogens (primary N) is 1. The Labute approximate surface area is 95.5 Å². The lowest BCUT2D eigenvalue weighted by Crippen LogP contribution is -2.35. The average Bonchev–Trinajstić information content (AvgIpc) is 2.30. The number of hydrogen-bond acceptors (Lipinski definition) is 3. The van der Waals surface area contributed by atoms with Crippen LogP contribution < -0.4 is 11.1 Å². The van der Waals surface area contributed by atoms with Crippen molar-refractivity contribution >= 4 is 11.6 Å². The molecule has 0 aliphatic rings. The molecule has 4 nitrogen and oxygen atoms in total. The van der Waals surface area contributed by atoms with Gasteiger partial charge in [0, 0.05) is 11.3 Å². The van der Waals surface area contributed by atoms with Crippen molar-refractivity contribution in [3.63, 3.8) is 0 Å². The van der Waals surface area contributed by atoms with Crippen molar-refractivity contribution in [3.8, 4) is 0 Å². The van der Waals surface area contributed by atoms with E-state index >= 15 is 0 Å². The second-order valence-electron chi connectivity index (χ2n) is 3.70. The van der Waals surface area contributed by atoms with Crippen molar-refractivity contribution in [2.45, 2.75) is 32.4 Å². The summed E-state index contributed by atoms with van der Waals surface area (Å²) in [5.41, 5.74) is 7.01. The maximum atomic E-state index is 11.7. The van der Waals surface area contributed by atoms with Crippen LogP contribution in [0.5, 0.6) is 0 Å². The smallest absolute Gasteiger partial charge is 0.241 e. The van der Waals surface area contributed by atoms with E-state index in [0.717, 1.165) is 6.42 Å². The highest BCUT2D eigenvalue weighted by Gasteiger charge is 2.13. The molecule has 1 rings (SSSR count). The number of carbonyl (C=O) groups excluding carboxylic acids is 1. The van der Waals surface area contributed by atoms with Crippen molar-refractivity contribution in [3.05, 3.63) is 29.8 Å². The number of nitrogens with one attached hydrogen (secondary N) is 1. The topological polar surface area (TPSA) is 75.4 Å². The zero-order valence-electron chi connectivity index (χ0n) is 9.44. The van der Waals surface area contributed by atoms with Crippen LogP contribution in [-0.2, 0) is 11.4 Å². The third-order valence-corrected chi connectivity index (χ3v) is 2.38. The molecule has 0 radical (unpaired) electrons. The fourth-order valence-electron chi connectivity index (χ4n) is 1.45. The molecule has 0 fully saturated rings. The molecule has 1 amide bonds. The van der Waals surface area contributed by atoms with Crippen LogP contribution in [0.25, 0.3) is 0 Å². The second-order valence-corrected chi connectivity index (χ2v) is 3.70. The lowest BCUT2D eigenvalue weighted by molar-refractivity contribution is -0.117. The molecular formula is C12H18N2O2. The van der Waals surface area contributed by atoms with E-state index in [4.69, 9.17) is 10.8 Å². The molecule has 88 valence electrons. The number of aliphatic hydroxyl groups is 1. The first-order valence-corrected chi connectivity index (χ1v) is 5.44. The van der Waals surface area contributed by atoms with Crippen molar-refractivity contribution in [1.29, 1.82) is 0 Å². The number of carbonyl (C=O) groups is 1. The number of benzene rings is 1. The number of amides is 1. The summed E-state index contributed by atoms with van der Waals surface area (Å²) in [6.45, 7) is 1.88. The van der Waals surface area contributed by atoms with Crippen molar-refractivity contribution < 1.29 is 9.90 Å². The van der Waals surface area contributed by atoms with Crippen molar-refractivity contribution in [2.24, 2.45) is 5.73 Å². The summed E-state index contributed by atoms with van der Waals surface area (Å²) in [6, 6.07) is 6.65. The summed E-state index contributed by atoms with van der Waals surface area (Å²) in [5.74, 6) is -0.206. The Morgan fingerprint density at radius 3 is 2.81 bits per heavy atom. The Kier molecular flexibility index (Phi) is 4.95. The standard InChI is InChI=1S/C12H18N2O2/c1-2-5-10(13)12(16)14-11-7-4-3-6-9(11)8-15/h3-4,6-7,10,15H,2,5,8,13H2,1H3,(H,14,16)/t10-/m1/s1. The van der Waals surface area contributed by atoms with Crippen LogP contribution in [0.15, 0.2) is 24.3 Å². The van der Waals surface area contributed by atoms with Gasteiger partial charge in [-0.3, -0.25) is 4.79 Å². The normalized spacial score (nSPS) is 12.2. The van der Waals surface area contributed by atoms with Crippen LogP contribution in [0.3, 0.4) is 0 Å². The van der Waals surface area contributed by atoms with Gasteiger partial charge in [-0.15, -0.1) is 0 Å². The molecule has 0 heterocycles. The van der Waals surface area contributed by atoms with E-state index < -0.39 is 6.04 Å². The fraction of sp³-hybridized carbons (Fsp3) is 0.417. The van der Waals surface area contributed by atoms with Gasteiger partial charge in [0.2, 0.25) is 5.91 Å². The Balaban J connectivity index is 2.69. The van der Waals surface area contributed by atoms with Gasteiger partial charge in [0.15, 0.2) is 0 Å². The third-order valence-electron chi connectivity index (χ3n) is 2.38. The van der Waals surface area contributed by atoms with E-state index in [1.54, 1.807) is 18.2 Å². The Bertz CT molecular complexity index is 353. The molecule has 4 N–H and O–H groups in total. The molecule has 0 aliphatic carbocycles. The van der Waals surface area contributed by atoms with E-state index in [2.05, 4.69) is 5.32 Å². The Morgan fingerprint density at radius 2 is 2.19 bits per heavy atom. The molecule has 4 heteroatoms. The number of para-hydroxylation sites is 1. The first kappa shape index (κ1) is 12.7. The maximum absolute atomic E-state index is 11.7. The zero-order chi connectivity index (χ0) is 12.0. The first-order chi connectivity index (χ1) is 7.69. The molecule has 1 atom stereocenters. The van der Waals surface area contributed by atoms with Gasteiger partial charge in [0.1, 0.15) is 0 Å². The minimum Gasteiger partial charge on any atom is -0.392 e. The summed E-state index contributed by atoms with van der Waals surface area (Å²) in [5, 5.41) is 11.8. The summed E-state index contributed by atoms with van der Waals surface area (Å²) in [4.78, 5) is 11.7. The molecule has 1 aromatic rings. The van der Waals surface area contributed by atoms with E-state index in [-0.39, 0.29) is 12.5 Å². The van der Waals surface area contributed by atoms with Crippen LogP contribution in [0, 0.1) is 0 Å². The quantitative estimate of drug-likeness (QED) is 0.701. The van der Waals surface area contributed by atoms with Crippen molar-refractivity contribution in [2.75, 3.05) is 5.32 Å². The molecular weight excluding hydrogens is 204 g/mol. The summed E-state index contributed by atoms with van der Waals surface area (Å²) in [6.07, 6.45) is 1.53. The molecule has 0 bridgehead atoms. The number of rotatable bonds is 5. The Hall–Kier alpha value is -1.39. The summed E-state index contributed by atoms with van der Waals surface area (Å²) in [7, 11) is 0. The van der Waals surface area contributed by atoms with E-state index in [1.165, 1.54) is 0 Å². The predicted molar refractivity (Wildman–Crippen MR) is 63.9 cm³/mol. The second kappa shape index (κ2) is 6.25. The summed E-state index contributed by atoms with van der Waals surface area (Å²) < 4.78 is 0. The molecule has 0 unspecified atom stereocenters. The van der Waals surface area contributed by atoms with Gasteiger partial charge in [-0.25, -0.2) is 0 Å². The van der Waals surface area contributed by atoms with Crippen LogP contribution in [0.4, 0.5) is 5.69 Å². The predicted octanol–water partition coefficient (Wildman–Crippen LogP) is 1.24. The van der Waals surface area contributed by atoms with Crippen LogP contribution >= 0.6 is 0 Å². The zero-order valence-corrected chi connectivity index (χ0v) is 9.44. The number of aliphatic hydroxyl groups excluding tert-OH is 1. The molecule has 0 saturated heterocycles. The van der Waals surface area contributed by atoms with Crippen LogP contribution in [0.1, 0.15) is 25.3 Å². The fourth-order valence-corrected chi connectivity index (χ4v) is 1.45. The van der Waals surface area contributed by atoms with Crippen LogP contribution in [-0.4, -0.2) is 17.1 Å². The highest BCUT2D eigenvalue weighted by atomic mass is 16.3. The Morgan fingerprint density at radius 1 is 1.50 bits per heavy atom. The minimum atomic E-state index is -0.489. The lowest BCUT2D eigenvalue weighted by atomic mass is 10.1. The van der Waals surface area contributed by atoms with Crippen LogP contribution in [0.2, 0.25) is 0 Å². The molecule has 0 spiro atoms. The summed E-state index contributed by atoms with van der Waals surface area (Å²) >= 11 is 0. The highest BCUT2D eigenvalue weighted by Crippen LogP contribution is 2.15. The first-order valence-electron chi connectivity index (χ1n) is 5.44. The van der Waals surface area contributed by atoms with Gasteiger partial charge in [-0.05, 0) is 12.5 Å². The largest absolute Gasteiger partial charge is 0.392 e. The van der Waals surface area contributed by atoms with Gasteiger partial charge in [0.25, 0.3) is 0 Å².